The SMILES string of the molecule is CC(=O)NCC(=O)N1CCCC(C)(O)CC1. The van der Waals surface area contributed by atoms with Crippen molar-refractivity contribution in [1.82, 2.24) is 10.2 Å². The Balaban J connectivity index is 2.42. The van der Waals surface area contributed by atoms with Gasteiger partial charge in [0.1, 0.15) is 0 Å². The fourth-order valence-electron chi connectivity index (χ4n) is 1.82. The number of rotatable bonds is 2. The zero-order valence-electron chi connectivity index (χ0n) is 9.95. The van der Waals surface area contributed by atoms with E-state index in [1.807, 2.05) is 0 Å². The van der Waals surface area contributed by atoms with E-state index in [1.54, 1.807) is 11.8 Å². The number of carbonyl (C=O) groups excluding carboxylic acids is 2. The van der Waals surface area contributed by atoms with E-state index in [0.29, 0.717) is 19.5 Å². The van der Waals surface area contributed by atoms with Crippen molar-refractivity contribution in [2.75, 3.05) is 19.6 Å². The first-order valence-electron chi connectivity index (χ1n) is 5.65. The van der Waals surface area contributed by atoms with E-state index < -0.39 is 5.60 Å². The smallest absolute Gasteiger partial charge is 0.241 e. The summed E-state index contributed by atoms with van der Waals surface area (Å²) in [5.74, 6) is -0.275. The number of hydrogen-bond donors (Lipinski definition) is 2. The van der Waals surface area contributed by atoms with Gasteiger partial charge in [0.15, 0.2) is 0 Å². The zero-order chi connectivity index (χ0) is 12.2. The molecule has 1 aliphatic rings. The van der Waals surface area contributed by atoms with Crippen LogP contribution in [-0.2, 0) is 9.59 Å². The molecule has 16 heavy (non-hydrogen) atoms. The maximum Gasteiger partial charge on any atom is 0.241 e. The maximum absolute atomic E-state index is 11.7. The Morgan fingerprint density at radius 1 is 1.38 bits per heavy atom. The summed E-state index contributed by atoms with van der Waals surface area (Å²) < 4.78 is 0. The van der Waals surface area contributed by atoms with Crippen LogP contribution in [0.15, 0.2) is 0 Å². The van der Waals surface area contributed by atoms with Gasteiger partial charge in [0.05, 0.1) is 12.1 Å². The average molecular weight is 228 g/mol. The summed E-state index contributed by atoms with van der Waals surface area (Å²) in [6, 6.07) is 0. The molecule has 92 valence electrons. The molecule has 0 spiro atoms. The number of hydrogen-bond acceptors (Lipinski definition) is 3. The van der Waals surface area contributed by atoms with Crippen LogP contribution in [0.25, 0.3) is 0 Å². The first kappa shape index (κ1) is 13.0. The molecule has 1 heterocycles. The standard InChI is InChI=1S/C11H20N2O3/c1-9(14)12-8-10(15)13-6-3-4-11(2,16)5-7-13/h16H,3-8H2,1-2H3,(H,12,14). The van der Waals surface area contributed by atoms with E-state index in [0.717, 1.165) is 12.8 Å². The van der Waals surface area contributed by atoms with Crippen LogP contribution >= 0.6 is 0 Å². The molecule has 2 N–H and O–H groups in total. The quantitative estimate of drug-likeness (QED) is 0.692. The van der Waals surface area contributed by atoms with Crippen molar-refractivity contribution in [3.05, 3.63) is 0 Å². The molecule has 1 rings (SSSR count). The molecule has 5 nitrogen and oxygen atoms in total. The van der Waals surface area contributed by atoms with Gasteiger partial charge in [-0.05, 0) is 26.2 Å². The van der Waals surface area contributed by atoms with Gasteiger partial charge >= 0.3 is 0 Å². The maximum atomic E-state index is 11.7. The highest BCUT2D eigenvalue weighted by molar-refractivity contribution is 5.83. The first-order chi connectivity index (χ1) is 7.41. The lowest BCUT2D eigenvalue weighted by atomic mass is 9.98. The van der Waals surface area contributed by atoms with Gasteiger partial charge in [0.25, 0.3) is 0 Å². The normalized spacial score (nSPS) is 26.1. The lowest BCUT2D eigenvalue weighted by molar-refractivity contribution is -0.132. The highest BCUT2D eigenvalue weighted by Gasteiger charge is 2.26. The molecule has 0 bridgehead atoms. The molecule has 1 saturated heterocycles. The van der Waals surface area contributed by atoms with Crippen molar-refractivity contribution < 1.29 is 14.7 Å². The number of likely N-dealkylation sites (tertiary alicyclic amines) is 1. The largest absolute Gasteiger partial charge is 0.390 e. The van der Waals surface area contributed by atoms with Crippen LogP contribution in [0, 0.1) is 0 Å². The van der Waals surface area contributed by atoms with Crippen LogP contribution in [-0.4, -0.2) is 47.1 Å². The van der Waals surface area contributed by atoms with Gasteiger partial charge < -0.3 is 15.3 Å². The summed E-state index contributed by atoms with van der Waals surface area (Å²) in [5.41, 5.74) is -0.664. The second kappa shape index (κ2) is 5.30. The Hall–Kier alpha value is -1.10. The second-order valence-electron chi connectivity index (χ2n) is 4.64. The highest BCUT2D eigenvalue weighted by atomic mass is 16.3. The van der Waals surface area contributed by atoms with Gasteiger partial charge in [-0.15, -0.1) is 0 Å². The minimum absolute atomic E-state index is 0.0531. The van der Waals surface area contributed by atoms with Gasteiger partial charge in [-0.1, -0.05) is 0 Å². The third-order valence-corrected chi connectivity index (χ3v) is 2.90. The van der Waals surface area contributed by atoms with E-state index in [1.165, 1.54) is 6.92 Å². The summed E-state index contributed by atoms with van der Waals surface area (Å²) in [6.07, 6.45) is 2.12. The molecule has 5 heteroatoms. The van der Waals surface area contributed by atoms with Gasteiger partial charge in [-0.2, -0.15) is 0 Å². The average Bonchev–Trinajstić information content (AvgIpc) is 2.35. The van der Waals surface area contributed by atoms with Gasteiger partial charge in [-0.25, -0.2) is 0 Å². The molecule has 1 fully saturated rings. The van der Waals surface area contributed by atoms with Gasteiger partial charge in [-0.3, -0.25) is 9.59 Å². The fraction of sp³-hybridized carbons (Fsp3) is 0.818. The summed E-state index contributed by atoms with van der Waals surface area (Å²) in [6.45, 7) is 4.47. The van der Waals surface area contributed by atoms with E-state index in [9.17, 15) is 14.7 Å². The van der Waals surface area contributed by atoms with Crippen LogP contribution in [0.2, 0.25) is 0 Å². The summed E-state index contributed by atoms with van der Waals surface area (Å²) in [5, 5.41) is 12.4. The van der Waals surface area contributed by atoms with E-state index >= 15 is 0 Å². The first-order valence-corrected chi connectivity index (χ1v) is 5.65. The minimum atomic E-state index is -0.664. The van der Waals surface area contributed by atoms with Crippen LogP contribution in [0.3, 0.4) is 0 Å². The molecular formula is C11H20N2O3. The third-order valence-electron chi connectivity index (χ3n) is 2.90. The van der Waals surface area contributed by atoms with Crippen molar-refractivity contribution in [1.29, 1.82) is 0 Å². The molecule has 0 aromatic carbocycles. The predicted octanol–water partition coefficient (Wildman–Crippen LogP) is -0.114. The van der Waals surface area contributed by atoms with Crippen molar-refractivity contribution in [3.8, 4) is 0 Å². The van der Waals surface area contributed by atoms with E-state index in [4.69, 9.17) is 0 Å². The molecular weight excluding hydrogens is 208 g/mol. The highest BCUT2D eigenvalue weighted by Crippen LogP contribution is 2.21. The number of nitrogens with zero attached hydrogens (tertiary/aromatic N) is 1. The molecule has 1 aliphatic heterocycles. The van der Waals surface area contributed by atoms with Crippen molar-refractivity contribution in [2.45, 2.75) is 38.7 Å². The van der Waals surface area contributed by atoms with Gasteiger partial charge in [0.2, 0.25) is 11.8 Å². The lowest BCUT2D eigenvalue weighted by Crippen LogP contribution is -2.40. The predicted molar refractivity (Wildman–Crippen MR) is 59.7 cm³/mol. The molecule has 0 aromatic heterocycles. The Bertz CT molecular complexity index is 276. The zero-order valence-corrected chi connectivity index (χ0v) is 9.95. The number of aliphatic hydroxyl groups is 1. The van der Waals surface area contributed by atoms with Crippen LogP contribution in [0.1, 0.15) is 33.1 Å². The Kier molecular flexibility index (Phi) is 4.29. The monoisotopic (exact) mass is 228 g/mol. The van der Waals surface area contributed by atoms with Crippen molar-refractivity contribution in [2.24, 2.45) is 0 Å². The Morgan fingerprint density at radius 3 is 2.69 bits per heavy atom. The second-order valence-corrected chi connectivity index (χ2v) is 4.64. The van der Waals surface area contributed by atoms with Crippen LogP contribution < -0.4 is 5.32 Å². The summed E-state index contributed by atoms with van der Waals surface area (Å²) in [7, 11) is 0. The van der Waals surface area contributed by atoms with Crippen LogP contribution in [0.4, 0.5) is 0 Å². The fourth-order valence-corrected chi connectivity index (χ4v) is 1.82. The number of amides is 2. The van der Waals surface area contributed by atoms with E-state index in [2.05, 4.69) is 5.32 Å². The Labute approximate surface area is 95.8 Å². The lowest BCUT2D eigenvalue weighted by Gasteiger charge is -2.22. The molecule has 0 saturated carbocycles. The molecule has 1 unspecified atom stereocenters. The van der Waals surface area contributed by atoms with Crippen molar-refractivity contribution in [3.63, 3.8) is 0 Å². The minimum Gasteiger partial charge on any atom is -0.390 e. The molecule has 0 radical (unpaired) electrons. The van der Waals surface area contributed by atoms with Crippen molar-refractivity contribution >= 4 is 11.8 Å². The summed E-state index contributed by atoms with van der Waals surface area (Å²) >= 11 is 0. The molecule has 0 aromatic rings. The topological polar surface area (TPSA) is 69.6 Å². The van der Waals surface area contributed by atoms with Crippen LogP contribution in [0.5, 0.6) is 0 Å². The Morgan fingerprint density at radius 2 is 2.06 bits per heavy atom. The molecule has 1 atom stereocenters. The molecule has 2 amide bonds. The summed E-state index contributed by atoms with van der Waals surface area (Å²) in [4.78, 5) is 24.1. The number of carbonyl (C=O) groups is 2. The van der Waals surface area contributed by atoms with Gasteiger partial charge in [0, 0.05) is 20.0 Å². The van der Waals surface area contributed by atoms with E-state index in [-0.39, 0.29) is 18.4 Å². The number of nitrogens with one attached hydrogen (secondary N) is 1. The molecule has 0 aliphatic carbocycles. The third kappa shape index (κ3) is 4.18.